The second-order valence-electron chi connectivity index (χ2n) is 6.80. The number of carbonyl (C=O) groups is 1. The van der Waals surface area contributed by atoms with Crippen LogP contribution in [0.1, 0.15) is 32.7 Å². The van der Waals surface area contributed by atoms with Gasteiger partial charge in [-0.05, 0) is 31.0 Å². The van der Waals surface area contributed by atoms with E-state index in [0.29, 0.717) is 11.4 Å². The second kappa shape index (κ2) is 7.14. The summed E-state index contributed by atoms with van der Waals surface area (Å²) < 4.78 is 0. The van der Waals surface area contributed by atoms with Crippen molar-refractivity contribution in [1.82, 2.24) is 15.1 Å². The fraction of sp³-hybridized carbons (Fsp3) is 0.238. The number of H-pyrrole nitrogens is 1. The zero-order chi connectivity index (χ0) is 17.9. The number of aryl methyl sites for hydroxylation is 1. The fourth-order valence-corrected chi connectivity index (χ4v) is 3.34. The Morgan fingerprint density at radius 3 is 2.69 bits per heavy atom. The molecule has 26 heavy (non-hydrogen) atoms. The van der Waals surface area contributed by atoms with Crippen molar-refractivity contribution in [3.05, 3.63) is 82.5 Å². The Morgan fingerprint density at radius 2 is 1.92 bits per heavy atom. The normalized spacial score (nSPS) is 14.0. The molecule has 1 amide bonds. The predicted octanol–water partition coefficient (Wildman–Crippen LogP) is 3.53. The number of fused-ring (bicyclic) bond motifs is 1. The lowest BCUT2D eigenvalue weighted by Gasteiger charge is -2.26. The second-order valence-corrected chi connectivity index (χ2v) is 6.80. The van der Waals surface area contributed by atoms with Gasteiger partial charge in [0.25, 0.3) is 5.91 Å². The molecule has 0 fully saturated rings. The number of aromatic amines is 1. The van der Waals surface area contributed by atoms with E-state index in [4.69, 9.17) is 0 Å². The van der Waals surface area contributed by atoms with Crippen molar-refractivity contribution in [3.8, 4) is 0 Å². The minimum atomic E-state index is -0.119. The van der Waals surface area contributed by atoms with Crippen LogP contribution in [0.4, 0.5) is 5.82 Å². The molecule has 2 heterocycles. The molecule has 4 rings (SSSR count). The van der Waals surface area contributed by atoms with Gasteiger partial charge in [0, 0.05) is 30.8 Å². The van der Waals surface area contributed by atoms with Gasteiger partial charge in [0.1, 0.15) is 0 Å². The fourth-order valence-electron chi connectivity index (χ4n) is 3.34. The average Bonchev–Trinajstić information content (AvgIpc) is 3.05. The van der Waals surface area contributed by atoms with Crippen LogP contribution in [0.3, 0.4) is 0 Å². The summed E-state index contributed by atoms with van der Waals surface area (Å²) >= 11 is 0. The lowest BCUT2D eigenvalue weighted by atomic mass is 10.1. The monoisotopic (exact) mass is 346 g/mol. The van der Waals surface area contributed by atoms with Gasteiger partial charge < -0.3 is 5.32 Å². The topological polar surface area (TPSA) is 61.0 Å². The first-order chi connectivity index (χ1) is 12.7. The number of anilines is 1. The van der Waals surface area contributed by atoms with Gasteiger partial charge in [0.15, 0.2) is 5.82 Å². The summed E-state index contributed by atoms with van der Waals surface area (Å²) in [5.74, 6) is 0.538. The average molecular weight is 346 g/mol. The molecular formula is C21H22N4O. The Kier molecular flexibility index (Phi) is 4.54. The molecule has 0 spiro atoms. The third-order valence-corrected chi connectivity index (χ3v) is 4.81. The van der Waals surface area contributed by atoms with Gasteiger partial charge in [-0.25, -0.2) is 0 Å². The summed E-state index contributed by atoms with van der Waals surface area (Å²) in [6, 6.07) is 18.0. The van der Waals surface area contributed by atoms with Crippen LogP contribution in [0.15, 0.2) is 54.6 Å². The minimum absolute atomic E-state index is 0.119. The van der Waals surface area contributed by atoms with Crippen LogP contribution in [-0.4, -0.2) is 27.5 Å². The van der Waals surface area contributed by atoms with Crippen LogP contribution in [0.5, 0.6) is 0 Å². The van der Waals surface area contributed by atoms with E-state index in [9.17, 15) is 4.79 Å². The Balaban J connectivity index is 1.44. The van der Waals surface area contributed by atoms with Crippen LogP contribution in [0, 0.1) is 6.92 Å². The number of aromatic nitrogens is 2. The van der Waals surface area contributed by atoms with Crippen molar-refractivity contribution in [2.75, 3.05) is 11.9 Å². The number of nitrogens with one attached hydrogen (secondary N) is 2. The van der Waals surface area contributed by atoms with Gasteiger partial charge in [-0.2, -0.15) is 5.10 Å². The summed E-state index contributed by atoms with van der Waals surface area (Å²) in [6.45, 7) is 4.70. The van der Waals surface area contributed by atoms with E-state index in [1.165, 1.54) is 5.56 Å². The molecule has 5 heteroatoms. The number of benzene rings is 2. The first kappa shape index (κ1) is 16.5. The molecule has 0 aliphatic carbocycles. The van der Waals surface area contributed by atoms with Crippen molar-refractivity contribution in [2.24, 2.45) is 0 Å². The van der Waals surface area contributed by atoms with Crippen molar-refractivity contribution in [2.45, 2.75) is 26.4 Å². The van der Waals surface area contributed by atoms with Gasteiger partial charge in [0.2, 0.25) is 0 Å². The van der Waals surface area contributed by atoms with E-state index in [1.807, 2.05) is 37.3 Å². The molecule has 0 unspecified atom stereocenters. The highest BCUT2D eigenvalue weighted by Gasteiger charge is 2.23. The van der Waals surface area contributed by atoms with E-state index in [0.717, 1.165) is 42.9 Å². The van der Waals surface area contributed by atoms with Gasteiger partial charge in [-0.15, -0.1) is 0 Å². The van der Waals surface area contributed by atoms with Crippen LogP contribution >= 0.6 is 0 Å². The molecular weight excluding hydrogens is 324 g/mol. The van der Waals surface area contributed by atoms with Crippen molar-refractivity contribution in [3.63, 3.8) is 0 Å². The zero-order valence-electron chi connectivity index (χ0n) is 14.8. The van der Waals surface area contributed by atoms with Gasteiger partial charge in [-0.1, -0.05) is 48.0 Å². The maximum absolute atomic E-state index is 12.4. The molecule has 0 saturated heterocycles. The quantitative estimate of drug-likeness (QED) is 0.760. The van der Waals surface area contributed by atoms with Crippen molar-refractivity contribution in [1.29, 1.82) is 0 Å². The van der Waals surface area contributed by atoms with Crippen molar-refractivity contribution < 1.29 is 4.79 Å². The molecule has 0 radical (unpaired) electrons. The van der Waals surface area contributed by atoms with Gasteiger partial charge in [0.05, 0.1) is 5.69 Å². The predicted molar refractivity (Wildman–Crippen MR) is 102 cm³/mol. The number of nitrogens with zero attached hydrogens (tertiary/aromatic N) is 2. The van der Waals surface area contributed by atoms with Crippen LogP contribution in [0.25, 0.3) is 0 Å². The number of amides is 1. The third-order valence-electron chi connectivity index (χ3n) is 4.81. The summed E-state index contributed by atoms with van der Waals surface area (Å²) in [5, 5.41) is 10.4. The Labute approximate surface area is 153 Å². The molecule has 1 aliphatic heterocycles. The molecule has 2 N–H and O–H groups in total. The molecule has 5 nitrogen and oxygen atoms in total. The van der Waals surface area contributed by atoms with Crippen molar-refractivity contribution >= 4 is 11.7 Å². The summed E-state index contributed by atoms with van der Waals surface area (Å²) in [6.07, 6.45) is 0.877. The first-order valence-electron chi connectivity index (χ1n) is 8.89. The minimum Gasteiger partial charge on any atom is -0.305 e. The first-order valence-corrected chi connectivity index (χ1v) is 8.89. The Morgan fingerprint density at radius 1 is 1.15 bits per heavy atom. The highest BCUT2D eigenvalue weighted by Crippen LogP contribution is 2.25. The molecule has 1 aliphatic rings. The maximum atomic E-state index is 12.4. The molecule has 2 aromatic carbocycles. The summed E-state index contributed by atoms with van der Waals surface area (Å²) in [7, 11) is 0. The highest BCUT2D eigenvalue weighted by molar-refractivity contribution is 6.04. The molecule has 1 aromatic heterocycles. The Hall–Kier alpha value is -2.92. The van der Waals surface area contributed by atoms with E-state index in [2.05, 4.69) is 44.7 Å². The third kappa shape index (κ3) is 3.53. The van der Waals surface area contributed by atoms with E-state index < -0.39 is 0 Å². The lowest BCUT2D eigenvalue weighted by molar-refractivity contribution is 0.102. The maximum Gasteiger partial charge on any atom is 0.256 e. The largest absolute Gasteiger partial charge is 0.305 e. The van der Waals surface area contributed by atoms with E-state index in [1.54, 1.807) is 0 Å². The number of carbonyl (C=O) groups excluding carboxylic acids is 1. The number of hydrogen-bond acceptors (Lipinski definition) is 3. The summed E-state index contributed by atoms with van der Waals surface area (Å²) in [4.78, 5) is 14.8. The van der Waals surface area contributed by atoms with Crippen LogP contribution in [0.2, 0.25) is 0 Å². The SMILES string of the molecule is Cc1ccc(C(=O)Nc2n[nH]c3c2CCN(Cc2ccccc2)C3)cc1. The van der Waals surface area contributed by atoms with Gasteiger partial charge in [-0.3, -0.25) is 14.8 Å². The van der Waals surface area contributed by atoms with E-state index in [-0.39, 0.29) is 5.91 Å². The van der Waals surface area contributed by atoms with Gasteiger partial charge >= 0.3 is 0 Å². The molecule has 132 valence electrons. The molecule has 0 bridgehead atoms. The Bertz CT molecular complexity index is 900. The molecule has 0 atom stereocenters. The zero-order valence-corrected chi connectivity index (χ0v) is 14.8. The highest BCUT2D eigenvalue weighted by atomic mass is 16.1. The molecule has 0 saturated carbocycles. The summed E-state index contributed by atoms with van der Waals surface area (Å²) in [5.41, 5.74) is 5.30. The standard InChI is InChI=1S/C21H22N4O/c1-15-7-9-17(10-8-15)21(26)22-20-18-11-12-25(14-19(18)23-24-20)13-16-5-3-2-4-6-16/h2-10H,11-14H2,1H3,(H2,22,23,24,26). The number of rotatable bonds is 4. The van der Waals surface area contributed by atoms with Crippen LogP contribution in [-0.2, 0) is 19.5 Å². The molecule has 3 aromatic rings. The smallest absolute Gasteiger partial charge is 0.256 e. The lowest BCUT2D eigenvalue weighted by Crippen LogP contribution is -2.30. The number of hydrogen-bond donors (Lipinski definition) is 2. The van der Waals surface area contributed by atoms with E-state index >= 15 is 0 Å². The van der Waals surface area contributed by atoms with Crippen LogP contribution < -0.4 is 5.32 Å².